The molecule has 2 heterocycles. The number of allylic oxidation sites excluding steroid dienone is 1. The summed E-state index contributed by atoms with van der Waals surface area (Å²) in [6, 6.07) is 0. The van der Waals surface area contributed by atoms with Crippen LogP contribution < -0.4 is 0 Å². The van der Waals surface area contributed by atoms with Crippen LogP contribution in [0.5, 0.6) is 0 Å². The number of hydrogen-bond donors (Lipinski definition) is 0. The molecule has 0 bridgehead atoms. The molecule has 1 aliphatic heterocycles. The van der Waals surface area contributed by atoms with Gasteiger partial charge in [-0.15, -0.1) is 6.58 Å². The topological polar surface area (TPSA) is 39.4 Å². The van der Waals surface area contributed by atoms with Crippen molar-refractivity contribution in [2.45, 2.75) is 33.3 Å². The highest BCUT2D eigenvalue weighted by molar-refractivity contribution is 5.76. The molecular weight excluding hydrogens is 228 g/mol. The van der Waals surface area contributed by atoms with Crippen LogP contribution in [0.4, 0.5) is 0 Å². The molecule has 1 fully saturated rings. The van der Waals surface area contributed by atoms with E-state index < -0.39 is 0 Å². The molecule has 4 atom stereocenters. The molecule has 0 unspecified atom stereocenters. The second kappa shape index (κ2) is 3.50. The number of fused-ring (bicyclic) bond motifs is 3. The lowest BCUT2D eigenvalue weighted by molar-refractivity contribution is -0.144. The first-order valence-electron chi connectivity index (χ1n) is 6.39. The summed E-state index contributed by atoms with van der Waals surface area (Å²) < 4.78 is 11.2. The number of carbonyl (C=O) groups excluding carboxylic acids is 1. The Kier molecular flexibility index (Phi) is 2.25. The zero-order chi connectivity index (χ0) is 13.1. The molecule has 96 valence electrons. The van der Waals surface area contributed by atoms with Crippen molar-refractivity contribution in [3.63, 3.8) is 0 Å². The molecule has 2 aliphatic rings. The van der Waals surface area contributed by atoms with Gasteiger partial charge in [-0.3, -0.25) is 4.79 Å². The molecular formula is C15H18O3. The van der Waals surface area contributed by atoms with Crippen molar-refractivity contribution in [1.82, 2.24) is 0 Å². The highest BCUT2D eigenvalue weighted by Crippen LogP contribution is 2.56. The van der Waals surface area contributed by atoms with Crippen molar-refractivity contribution in [3.8, 4) is 0 Å². The summed E-state index contributed by atoms with van der Waals surface area (Å²) in [4.78, 5) is 11.9. The number of ether oxygens (including phenoxy) is 1. The maximum absolute atomic E-state index is 11.9. The SMILES string of the molecule is C=C[C@@]1(C)Cc2occ(C)c2[C@@H]2OC(=O)[C@@H](C)[C@@H]21. The fourth-order valence-electron chi connectivity index (χ4n) is 3.57. The van der Waals surface area contributed by atoms with Crippen LogP contribution in [-0.4, -0.2) is 5.97 Å². The smallest absolute Gasteiger partial charge is 0.309 e. The second-order valence-electron chi connectivity index (χ2n) is 5.81. The lowest BCUT2D eigenvalue weighted by Gasteiger charge is -2.40. The minimum atomic E-state index is -0.169. The first-order valence-corrected chi connectivity index (χ1v) is 6.39. The van der Waals surface area contributed by atoms with Crippen LogP contribution >= 0.6 is 0 Å². The number of esters is 1. The van der Waals surface area contributed by atoms with Crippen molar-refractivity contribution >= 4 is 5.97 Å². The molecule has 0 spiro atoms. The van der Waals surface area contributed by atoms with Gasteiger partial charge in [-0.2, -0.15) is 0 Å². The Hall–Kier alpha value is -1.51. The maximum atomic E-state index is 11.9. The molecule has 18 heavy (non-hydrogen) atoms. The Labute approximate surface area is 107 Å². The standard InChI is InChI=1S/C15H18O3/c1-5-15(4)6-10-11(8(2)7-17-10)13-12(15)9(3)14(16)18-13/h5,7,9,12-13H,1,6H2,2-4H3/t9-,12-,13-,15-/m0/s1. The predicted octanol–water partition coefficient (Wildman–Crippen LogP) is 3.19. The van der Waals surface area contributed by atoms with Crippen molar-refractivity contribution in [1.29, 1.82) is 0 Å². The third-order valence-corrected chi connectivity index (χ3v) is 4.64. The van der Waals surface area contributed by atoms with Crippen LogP contribution in [0.25, 0.3) is 0 Å². The molecule has 0 radical (unpaired) electrons. The molecule has 0 saturated carbocycles. The van der Waals surface area contributed by atoms with E-state index in [9.17, 15) is 4.79 Å². The third-order valence-electron chi connectivity index (χ3n) is 4.64. The highest BCUT2D eigenvalue weighted by Gasteiger charge is 2.55. The van der Waals surface area contributed by atoms with Crippen molar-refractivity contribution < 1.29 is 13.9 Å². The van der Waals surface area contributed by atoms with Crippen LogP contribution in [-0.2, 0) is 16.0 Å². The van der Waals surface area contributed by atoms with E-state index in [0.29, 0.717) is 0 Å². The van der Waals surface area contributed by atoms with Gasteiger partial charge in [0, 0.05) is 17.9 Å². The van der Waals surface area contributed by atoms with Crippen LogP contribution in [0.15, 0.2) is 23.3 Å². The Balaban J connectivity index is 2.18. The van der Waals surface area contributed by atoms with Gasteiger partial charge in [0.15, 0.2) is 0 Å². The zero-order valence-electron chi connectivity index (χ0n) is 11.0. The highest BCUT2D eigenvalue weighted by atomic mass is 16.6. The van der Waals surface area contributed by atoms with Gasteiger partial charge in [-0.05, 0) is 17.9 Å². The van der Waals surface area contributed by atoms with E-state index in [0.717, 1.165) is 23.3 Å². The molecule has 1 saturated heterocycles. The molecule has 0 amide bonds. The summed E-state index contributed by atoms with van der Waals surface area (Å²) in [6.07, 6.45) is 4.33. The normalized spacial score (nSPS) is 37.9. The summed E-state index contributed by atoms with van der Waals surface area (Å²) in [7, 11) is 0. The maximum Gasteiger partial charge on any atom is 0.309 e. The Morgan fingerprint density at radius 1 is 1.56 bits per heavy atom. The van der Waals surface area contributed by atoms with E-state index in [2.05, 4.69) is 13.5 Å². The van der Waals surface area contributed by atoms with Crippen LogP contribution in [0.1, 0.15) is 36.8 Å². The minimum Gasteiger partial charge on any atom is -0.469 e. The number of hydrogen-bond acceptors (Lipinski definition) is 3. The summed E-state index contributed by atoms with van der Waals surface area (Å²) >= 11 is 0. The van der Waals surface area contributed by atoms with Gasteiger partial charge in [-0.1, -0.05) is 19.9 Å². The van der Waals surface area contributed by atoms with E-state index in [-0.39, 0.29) is 29.3 Å². The van der Waals surface area contributed by atoms with Crippen molar-refractivity contribution in [2.75, 3.05) is 0 Å². The average molecular weight is 246 g/mol. The van der Waals surface area contributed by atoms with Crippen LogP contribution in [0.3, 0.4) is 0 Å². The molecule has 1 aromatic heterocycles. The minimum absolute atomic E-state index is 0.0829. The molecule has 1 aliphatic carbocycles. The van der Waals surface area contributed by atoms with E-state index in [1.54, 1.807) is 6.26 Å². The Morgan fingerprint density at radius 3 is 2.94 bits per heavy atom. The molecule has 3 rings (SSSR count). The molecule has 0 N–H and O–H groups in total. The fourth-order valence-corrected chi connectivity index (χ4v) is 3.57. The average Bonchev–Trinajstić information content (AvgIpc) is 2.82. The lowest BCUT2D eigenvalue weighted by Crippen LogP contribution is -2.37. The fraction of sp³-hybridized carbons (Fsp3) is 0.533. The van der Waals surface area contributed by atoms with Gasteiger partial charge in [0.1, 0.15) is 11.9 Å². The van der Waals surface area contributed by atoms with Gasteiger partial charge >= 0.3 is 5.97 Å². The van der Waals surface area contributed by atoms with Crippen molar-refractivity contribution in [3.05, 3.63) is 35.8 Å². The van der Waals surface area contributed by atoms with Gasteiger partial charge in [0.05, 0.1) is 12.2 Å². The largest absolute Gasteiger partial charge is 0.469 e. The molecule has 3 nitrogen and oxygen atoms in total. The van der Waals surface area contributed by atoms with E-state index in [1.165, 1.54) is 0 Å². The lowest BCUT2D eigenvalue weighted by atomic mass is 9.62. The summed E-state index contributed by atoms with van der Waals surface area (Å²) in [5.74, 6) is 0.913. The first kappa shape index (κ1) is 11.6. The summed E-state index contributed by atoms with van der Waals surface area (Å²) in [5, 5.41) is 0. The Bertz CT molecular complexity index is 528. The molecule has 0 aromatic carbocycles. The zero-order valence-corrected chi connectivity index (χ0v) is 11.0. The summed E-state index contributed by atoms with van der Waals surface area (Å²) in [5.41, 5.74) is 2.01. The number of furan rings is 1. The second-order valence-corrected chi connectivity index (χ2v) is 5.81. The first-order chi connectivity index (χ1) is 8.48. The number of aryl methyl sites for hydroxylation is 1. The van der Waals surface area contributed by atoms with Crippen molar-refractivity contribution in [2.24, 2.45) is 17.3 Å². The van der Waals surface area contributed by atoms with Gasteiger partial charge in [0.2, 0.25) is 0 Å². The monoisotopic (exact) mass is 246 g/mol. The quantitative estimate of drug-likeness (QED) is 0.564. The summed E-state index contributed by atoms with van der Waals surface area (Å²) in [6.45, 7) is 10.0. The molecule has 3 heteroatoms. The van der Waals surface area contributed by atoms with Gasteiger partial charge in [0.25, 0.3) is 0 Å². The van der Waals surface area contributed by atoms with E-state index >= 15 is 0 Å². The third kappa shape index (κ3) is 1.27. The van der Waals surface area contributed by atoms with E-state index in [1.807, 2.05) is 19.9 Å². The van der Waals surface area contributed by atoms with Crippen LogP contribution in [0, 0.1) is 24.2 Å². The Morgan fingerprint density at radius 2 is 2.28 bits per heavy atom. The van der Waals surface area contributed by atoms with Gasteiger partial charge < -0.3 is 9.15 Å². The van der Waals surface area contributed by atoms with E-state index in [4.69, 9.17) is 9.15 Å². The van der Waals surface area contributed by atoms with Gasteiger partial charge in [-0.25, -0.2) is 0 Å². The number of rotatable bonds is 1. The number of carbonyl (C=O) groups is 1. The molecule has 1 aromatic rings. The van der Waals surface area contributed by atoms with Crippen LogP contribution in [0.2, 0.25) is 0 Å². The predicted molar refractivity (Wildman–Crippen MR) is 66.9 cm³/mol.